The second-order valence-corrected chi connectivity index (χ2v) is 7.38. The predicted molar refractivity (Wildman–Crippen MR) is 84.6 cm³/mol. The van der Waals surface area contributed by atoms with Crippen molar-refractivity contribution in [2.75, 3.05) is 6.61 Å². The Balaban J connectivity index is 1.79. The van der Waals surface area contributed by atoms with Crippen molar-refractivity contribution in [2.24, 2.45) is 5.92 Å². The molecule has 1 saturated carbocycles. The number of benzene rings is 1. The molecule has 1 N–H and O–H groups in total. The Morgan fingerprint density at radius 1 is 1.43 bits per heavy atom. The van der Waals surface area contributed by atoms with Crippen molar-refractivity contribution in [1.29, 1.82) is 0 Å². The van der Waals surface area contributed by atoms with E-state index in [0.29, 0.717) is 25.4 Å². The fourth-order valence-corrected chi connectivity index (χ4v) is 3.89. The molecule has 3 nitrogen and oxygen atoms in total. The Kier molecular flexibility index (Phi) is 4.10. The number of rotatable bonds is 3. The fourth-order valence-electron chi connectivity index (χ4n) is 3.33. The molecule has 0 amide bonds. The average molecular weight is 353 g/mol. The lowest BCUT2D eigenvalue weighted by Crippen LogP contribution is -2.42. The van der Waals surface area contributed by atoms with Crippen LogP contribution in [0.15, 0.2) is 16.6 Å². The third-order valence-corrected chi connectivity index (χ3v) is 5.25. The lowest BCUT2D eigenvalue weighted by molar-refractivity contribution is -0.140. The van der Waals surface area contributed by atoms with Gasteiger partial charge in [-0.05, 0) is 49.3 Å². The molecule has 1 aromatic rings. The van der Waals surface area contributed by atoms with Crippen LogP contribution in [-0.2, 0) is 17.6 Å². The number of Topliss-reactive ketones (excluding diaryl/α,β-unsaturated/α-hetero) is 1. The zero-order chi connectivity index (χ0) is 15.0. The van der Waals surface area contributed by atoms with Gasteiger partial charge < -0.3 is 9.84 Å². The van der Waals surface area contributed by atoms with Crippen LogP contribution in [0.3, 0.4) is 0 Å². The summed E-state index contributed by atoms with van der Waals surface area (Å²) in [6, 6.07) is 3.99. The van der Waals surface area contributed by atoms with Gasteiger partial charge in [-0.3, -0.25) is 4.79 Å². The van der Waals surface area contributed by atoms with E-state index in [0.717, 1.165) is 40.6 Å². The summed E-state index contributed by atoms with van der Waals surface area (Å²) in [6.45, 7) is 2.86. The Morgan fingerprint density at radius 2 is 2.14 bits per heavy atom. The van der Waals surface area contributed by atoms with E-state index in [-0.39, 0.29) is 12.2 Å². The highest BCUT2D eigenvalue weighted by atomic mass is 79.9. The SMILES string of the molecule is CC1CCC(O)(C(=O)Cc2cc(Br)cc3c2OCC3)CC1. The Labute approximate surface area is 133 Å². The molecule has 3 rings (SSSR count). The van der Waals surface area contributed by atoms with Crippen molar-refractivity contribution in [2.45, 2.75) is 51.0 Å². The first-order valence-corrected chi connectivity index (χ1v) is 8.47. The maximum atomic E-state index is 12.6. The molecule has 1 aliphatic carbocycles. The van der Waals surface area contributed by atoms with Gasteiger partial charge in [0.05, 0.1) is 6.61 Å². The van der Waals surface area contributed by atoms with Gasteiger partial charge in [0.25, 0.3) is 0 Å². The zero-order valence-corrected chi connectivity index (χ0v) is 13.9. The van der Waals surface area contributed by atoms with E-state index in [2.05, 4.69) is 22.9 Å². The standard InChI is InChI=1S/C17H21BrO3/c1-11-2-5-17(20,6-3-11)15(19)10-13-9-14(18)8-12-4-7-21-16(12)13/h8-9,11,20H,2-7,10H2,1H3. The number of aliphatic hydroxyl groups is 1. The molecule has 0 atom stereocenters. The van der Waals surface area contributed by atoms with E-state index in [1.165, 1.54) is 0 Å². The molecular formula is C17H21BrO3. The normalized spacial score (nSPS) is 28.0. The van der Waals surface area contributed by atoms with E-state index in [9.17, 15) is 9.90 Å². The minimum atomic E-state index is -1.14. The molecule has 0 aromatic heterocycles. The third kappa shape index (κ3) is 3.02. The summed E-state index contributed by atoms with van der Waals surface area (Å²) < 4.78 is 6.64. The number of hydrogen-bond acceptors (Lipinski definition) is 3. The van der Waals surface area contributed by atoms with Crippen molar-refractivity contribution in [1.82, 2.24) is 0 Å². The maximum absolute atomic E-state index is 12.6. The van der Waals surface area contributed by atoms with Crippen LogP contribution >= 0.6 is 15.9 Å². The lowest BCUT2D eigenvalue weighted by atomic mass is 9.76. The smallest absolute Gasteiger partial charge is 0.168 e. The Morgan fingerprint density at radius 3 is 2.86 bits per heavy atom. The van der Waals surface area contributed by atoms with Gasteiger partial charge in [-0.2, -0.15) is 0 Å². The molecule has 0 bridgehead atoms. The number of carbonyl (C=O) groups excluding carboxylic acids is 1. The lowest BCUT2D eigenvalue weighted by Gasteiger charge is -2.33. The zero-order valence-electron chi connectivity index (χ0n) is 12.3. The molecule has 1 fully saturated rings. The second-order valence-electron chi connectivity index (χ2n) is 6.47. The molecule has 0 radical (unpaired) electrons. The number of carbonyl (C=O) groups is 1. The van der Waals surface area contributed by atoms with Crippen molar-refractivity contribution in [3.63, 3.8) is 0 Å². The van der Waals surface area contributed by atoms with E-state index < -0.39 is 5.60 Å². The molecular weight excluding hydrogens is 332 g/mol. The maximum Gasteiger partial charge on any atom is 0.168 e. The molecule has 1 heterocycles. The first-order valence-electron chi connectivity index (χ1n) is 7.68. The van der Waals surface area contributed by atoms with Gasteiger partial charge in [0.1, 0.15) is 11.4 Å². The third-order valence-electron chi connectivity index (χ3n) is 4.80. The van der Waals surface area contributed by atoms with E-state index in [1.807, 2.05) is 12.1 Å². The minimum absolute atomic E-state index is 0.0646. The van der Waals surface area contributed by atoms with Crippen LogP contribution in [0.5, 0.6) is 5.75 Å². The Hall–Kier alpha value is -0.870. The molecule has 2 aliphatic rings. The van der Waals surface area contributed by atoms with Crippen LogP contribution < -0.4 is 4.74 Å². The van der Waals surface area contributed by atoms with Crippen LogP contribution in [0.25, 0.3) is 0 Å². The van der Waals surface area contributed by atoms with Gasteiger partial charge in [-0.15, -0.1) is 0 Å². The van der Waals surface area contributed by atoms with Gasteiger partial charge in [0.2, 0.25) is 0 Å². The Bertz CT molecular complexity index is 559. The van der Waals surface area contributed by atoms with Crippen LogP contribution in [0.1, 0.15) is 43.7 Å². The number of halogens is 1. The molecule has 114 valence electrons. The highest BCUT2D eigenvalue weighted by Gasteiger charge is 2.38. The largest absolute Gasteiger partial charge is 0.493 e. The second kappa shape index (κ2) is 5.73. The quantitative estimate of drug-likeness (QED) is 0.906. The molecule has 21 heavy (non-hydrogen) atoms. The molecule has 1 aliphatic heterocycles. The van der Waals surface area contributed by atoms with Gasteiger partial charge in [-0.25, -0.2) is 0 Å². The summed E-state index contributed by atoms with van der Waals surface area (Å²) in [5, 5.41) is 10.6. The van der Waals surface area contributed by atoms with E-state index >= 15 is 0 Å². The predicted octanol–water partition coefficient (Wildman–Crippen LogP) is 3.44. The first-order chi connectivity index (χ1) is 9.98. The van der Waals surface area contributed by atoms with Crippen molar-refractivity contribution in [3.05, 3.63) is 27.7 Å². The number of ketones is 1. The van der Waals surface area contributed by atoms with Gasteiger partial charge >= 0.3 is 0 Å². The van der Waals surface area contributed by atoms with Crippen molar-refractivity contribution in [3.8, 4) is 5.75 Å². The molecule has 0 unspecified atom stereocenters. The highest BCUT2D eigenvalue weighted by Crippen LogP contribution is 2.37. The summed E-state index contributed by atoms with van der Waals surface area (Å²) in [6.07, 6.45) is 4.17. The van der Waals surface area contributed by atoms with Crippen LogP contribution in [0.2, 0.25) is 0 Å². The molecule has 1 aromatic carbocycles. The number of hydrogen-bond donors (Lipinski definition) is 1. The average Bonchev–Trinajstić information content (AvgIpc) is 2.90. The van der Waals surface area contributed by atoms with Crippen LogP contribution in [0.4, 0.5) is 0 Å². The molecule has 0 spiro atoms. The summed E-state index contributed by atoms with van der Waals surface area (Å²) in [7, 11) is 0. The highest BCUT2D eigenvalue weighted by molar-refractivity contribution is 9.10. The first kappa shape index (κ1) is 15.0. The van der Waals surface area contributed by atoms with E-state index in [1.54, 1.807) is 0 Å². The summed E-state index contributed by atoms with van der Waals surface area (Å²) in [4.78, 5) is 12.6. The molecule has 0 saturated heterocycles. The van der Waals surface area contributed by atoms with Crippen LogP contribution in [0, 0.1) is 5.92 Å². The summed E-state index contributed by atoms with van der Waals surface area (Å²) in [5.74, 6) is 1.39. The van der Waals surface area contributed by atoms with Crippen LogP contribution in [-0.4, -0.2) is 23.1 Å². The summed E-state index contributed by atoms with van der Waals surface area (Å²) >= 11 is 3.49. The molecule has 4 heteroatoms. The number of ether oxygens (including phenoxy) is 1. The number of fused-ring (bicyclic) bond motifs is 1. The van der Waals surface area contributed by atoms with Gasteiger partial charge in [-0.1, -0.05) is 22.9 Å². The van der Waals surface area contributed by atoms with Gasteiger partial charge in [0.15, 0.2) is 5.78 Å². The van der Waals surface area contributed by atoms with Crippen molar-refractivity contribution >= 4 is 21.7 Å². The topological polar surface area (TPSA) is 46.5 Å². The monoisotopic (exact) mass is 352 g/mol. The minimum Gasteiger partial charge on any atom is -0.493 e. The van der Waals surface area contributed by atoms with Crippen molar-refractivity contribution < 1.29 is 14.6 Å². The van der Waals surface area contributed by atoms with E-state index in [4.69, 9.17) is 4.74 Å². The van der Waals surface area contributed by atoms with Gasteiger partial charge in [0, 0.05) is 22.9 Å². The summed E-state index contributed by atoms with van der Waals surface area (Å²) in [5.41, 5.74) is 0.908. The fraction of sp³-hybridized carbons (Fsp3) is 0.588.